The number of carbonyl (C=O) groups excluding carboxylic acids is 1. The van der Waals surface area contributed by atoms with E-state index in [0.717, 1.165) is 17.0 Å². The maximum Gasteiger partial charge on any atom is 0.335 e. The maximum absolute atomic E-state index is 14.6. The van der Waals surface area contributed by atoms with Crippen molar-refractivity contribution in [2.75, 3.05) is 7.05 Å². The highest BCUT2D eigenvalue weighted by molar-refractivity contribution is 5.94. The van der Waals surface area contributed by atoms with Crippen LogP contribution in [0.1, 0.15) is 37.7 Å². The molecule has 0 aliphatic rings. The second kappa shape index (κ2) is 7.64. The Labute approximate surface area is 161 Å². The van der Waals surface area contributed by atoms with Gasteiger partial charge in [0.1, 0.15) is 11.5 Å². The van der Waals surface area contributed by atoms with E-state index in [1.54, 1.807) is 25.2 Å². The van der Waals surface area contributed by atoms with E-state index >= 15 is 0 Å². The number of halogens is 1. The Morgan fingerprint density at radius 2 is 1.71 bits per heavy atom. The molecule has 0 saturated heterocycles. The minimum Gasteiger partial charge on any atom is -0.478 e. The molecule has 0 bridgehead atoms. The molecule has 3 rings (SSSR count). The van der Waals surface area contributed by atoms with Crippen LogP contribution in [0, 0.1) is 19.7 Å². The number of hydrogen-bond acceptors (Lipinski definition) is 3. The van der Waals surface area contributed by atoms with Crippen LogP contribution < -0.4 is 0 Å². The van der Waals surface area contributed by atoms with Crippen LogP contribution in [0.25, 0.3) is 5.69 Å². The second-order valence-electron chi connectivity index (χ2n) is 6.67. The van der Waals surface area contributed by atoms with Gasteiger partial charge in [-0.25, -0.2) is 13.9 Å². The van der Waals surface area contributed by atoms with Crippen molar-refractivity contribution in [3.05, 3.63) is 82.4 Å². The number of amides is 1. The van der Waals surface area contributed by atoms with Gasteiger partial charge in [0, 0.05) is 24.8 Å². The third-order valence-corrected chi connectivity index (χ3v) is 4.40. The highest BCUT2D eigenvalue weighted by Crippen LogP contribution is 2.19. The number of rotatable bonds is 5. The molecule has 6 nitrogen and oxygen atoms in total. The van der Waals surface area contributed by atoms with Crippen molar-refractivity contribution in [2.45, 2.75) is 20.4 Å². The van der Waals surface area contributed by atoms with Crippen molar-refractivity contribution in [3.8, 4) is 5.69 Å². The third kappa shape index (κ3) is 3.93. The number of carboxylic acids is 1. The molecule has 7 heteroatoms. The number of carbonyl (C=O) groups is 2. The van der Waals surface area contributed by atoms with E-state index in [4.69, 9.17) is 5.11 Å². The highest BCUT2D eigenvalue weighted by Gasteiger charge is 2.16. The van der Waals surface area contributed by atoms with Gasteiger partial charge in [-0.3, -0.25) is 4.79 Å². The summed E-state index contributed by atoms with van der Waals surface area (Å²) in [5.74, 6) is -1.87. The van der Waals surface area contributed by atoms with Crippen LogP contribution in [0.15, 0.2) is 48.5 Å². The highest BCUT2D eigenvalue weighted by atomic mass is 19.1. The molecule has 1 N–H and O–H groups in total. The number of aromatic nitrogens is 2. The average molecular weight is 381 g/mol. The molecule has 0 aliphatic heterocycles. The van der Waals surface area contributed by atoms with Crippen molar-refractivity contribution < 1.29 is 19.1 Å². The molecule has 0 atom stereocenters. The molecule has 0 unspecified atom stereocenters. The Hall–Kier alpha value is -3.48. The van der Waals surface area contributed by atoms with Crippen LogP contribution in [0.2, 0.25) is 0 Å². The lowest BCUT2D eigenvalue weighted by molar-refractivity contribution is 0.0695. The molecule has 0 aliphatic carbocycles. The van der Waals surface area contributed by atoms with E-state index in [0.29, 0.717) is 0 Å². The zero-order valence-corrected chi connectivity index (χ0v) is 15.8. The fourth-order valence-electron chi connectivity index (χ4n) is 3.00. The summed E-state index contributed by atoms with van der Waals surface area (Å²) in [4.78, 5) is 25.0. The zero-order valence-electron chi connectivity index (χ0n) is 15.8. The van der Waals surface area contributed by atoms with Crippen molar-refractivity contribution >= 4 is 11.9 Å². The van der Waals surface area contributed by atoms with Gasteiger partial charge in [-0.1, -0.05) is 12.1 Å². The molecular weight excluding hydrogens is 361 g/mol. The molecule has 2 aromatic carbocycles. The van der Waals surface area contributed by atoms with Crippen molar-refractivity contribution in [1.82, 2.24) is 14.7 Å². The number of hydrogen-bond donors (Lipinski definition) is 1. The van der Waals surface area contributed by atoms with Gasteiger partial charge < -0.3 is 10.0 Å². The van der Waals surface area contributed by atoms with E-state index in [1.165, 1.54) is 33.8 Å². The molecule has 0 fully saturated rings. The Bertz CT molecular complexity index is 1040. The summed E-state index contributed by atoms with van der Waals surface area (Å²) < 4.78 is 16.1. The van der Waals surface area contributed by atoms with E-state index in [2.05, 4.69) is 5.10 Å². The molecule has 28 heavy (non-hydrogen) atoms. The van der Waals surface area contributed by atoms with Gasteiger partial charge >= 0.3 is 5.97 Å². The second-order valence-corrected chi connectivity index (χ2v) is 6.67. The van der Waals surface area contributed by atoms with E-state index in [-0.39, 0.29) is 29.3 Å². The van der Waals surface area contributed by atoms with Crippen LogP contribution in [0.4, 0.5) is 4.39 Å². The van der Waals surface area contributed by atoms with Crippen molar-refractivity contribution in [3.63, 3.8) is 0 Å². The summed E-state index contributed by atoms with van der Waals surface area (Å²) in [7, 11) is 1.61. The van der Waals surface area contributed by atoms with Crippen molar-refractivity contribution in [1.29, 1.82) is 0 Å². The fourth-order valence-corrected chi connectivity index (χ4v) is 3.00. The smallest absolute Gasteiger partial charge is 0.335 e. The standard InChI is InChI=1S/C21H20FN3O3/c1-13-10-14(2)25(23-13)19-9-8-17(11-18(19)22)20(26)24(3)12-15-4-6-16(7-5-15)21(27)28/h4-11H,12H2,1-3H3,(H,27,28). The summed E-state index contributed by atoms with van der Waals surface area (Å²) in [6.07, 6.45) is 0. The van der Waals surface area contributed by atoms with E-state index in [9.17, 15) is 14.0 Å². The number of carboxylic acid groups (broad SMARTS) is 1. The summed E-state index contributed by atoms with van der Waals surface area (Å²) in [6.45, 7) is 3.94. The van der Waals surface area contributed by atoms with Crippen LogP contribution in [-0.2, 0) is 6.54 Å². The topological polar surface area (TPSA) is 75.4 Å². The molecule has 144 valence electrons. The first-order valence-electron chi connectivity index (χ1n) is 8.67. The van der Waals surface area contributed by atoms with E-state index in [1.807, 2.05) is 19.9 Å². The summed E-state index contributed by atoms with van der Waals surface area (Å²) in [6, 6.07) is 12.4. The molecule has 0 radical (unpaired) electrons. The van der Waals surface area contributed by atoms with Gasteiger partial charge in [0.15, 0.2) is 0 Å². The first kappa shape index (κ1) is 19.3. The van der Waals surface area contributed by atoms with Gasteiger partial charge in [-0.2, -0.15) is 5.10 Å². The Kier molecular flexibility index (Phi) is 5.26. The zero-order chi connectivity index (χ0) is 20.4. The number of nitrogens with zero attached hydrogens (tertiary/aromatic N) is 3. The molecule has 0 saturated carbocycles. The Morgan fingerprint density at radius 1 is 1.07 bits per heavy atom. The normalized spacial score (nSPS) is 10.7. The largest absolute Gasteiger partial charge is 0.478 e. The number of aryl methyl sites for hydroxylation is 2. The van der Waals surface area contributed by atoms with Crippen LogP contribution >= 0.6 is 0 Å². The predicted octanol–water partition coefficient (Wildman–Crippen LogP) is 3.60. The van der Waals surface area contributed by atoms with Gasteiger partial charge in [0.25, 0.3) is 5.91 Å². The Morgan fingerprint density at radius 3 is 2.25 bits per heavy atom. The van der Waals surface area contributed by atoms with Gasteiger partial charge in [-0.15, -0.1) is 0 Å². The quantitative estimate of drug-likeness (QED) is 0.733. The van der Waals surface area contributed by atoms with Crippen LogP contribution in [0.3, 0.4) is 0 Å². The Balaban J connectivity index is 1.77. The van der Waals surface area contributed by atoms with Gasteiger partial charge in [0.2, 0.25) is 0 Å². The first-order chi connectivity index (χ1) is 13.3. The lowest BCUT2D eigenvalue weighted by Gasteiger charge is -2.18. The summed E-state index contributed by atoms with van der Waals surface area (Å²) >= 11 is 0. The predicted molar refractivity (Wildman–Crippen MR) is 102 cm³/mol. The van der Waals surface area contributed by atoms with Gasteiger partial charge in [-0.05, 0) is 55.8 Å². The van der Waals surface area contributed by atoms with Crippen LogP contribution in [-0.4, -0.2) is 38.7 Å². The molecule has 0 spiro atoms. The average Bonchev–Trinajstić information content (AvgIpc) is 2.99. The van der Waals surface area contributed by atoms with Crippen molar-refractivity contribution in [2.24, 2.45) is 0 Å². The maximum atomic E-state index is 14.6. The fraction of sp³-hybridized carbons (Fsp3) is 0.190. The monoisotopic (exact) mass is 381 g/mol. The molecular formula is C21H20FN3O3. The molecule has 1 amide bonds. The van der Waals surface area contributed by atoms with Crippen LogP contribution in [0.5, 0.6) is 0 Å². The molecule has 3 aromatic rings. The summed E-state index contributed by atoms with van der Waals surface area (Å²) in [5.41, 5.74) is 3.06. The van der Waals surface area contributed by atoms with E-state index < -0.39 is 11.8 Å². The van der Waals surface area contributed by atoms with Gasteiger partial charge in [0.05, 0.1) is 11.3 Å². The lowest BCUT2D eigenvalue weighted by Crippen LogP contribution is -2.26. The molecule has 1 aromatic heterocycles. The SMILES string of the molecule is Cc1cc(C)n(-c2ccc(C(=O)N(C)Cc3ccc(C(=O)O)cc3)cc2F)n1. The minimum absolute atomic E-state index is 0.180. The minimum atomic E-state index is -1.01. The summed E-state index contributed by atoms with van der Waals surface area (Å²) in [5, 5.41) is 13.2. The number of aromatic carboxylic acids is 1. The third-order valence-electron chi connectivity index (χ3n) is 4.40. The lowest BCUT2D eigenvalue weighted by atomic mass is 10.1. The first-order valence-corrected chi connectivity index (χ1v) is 8.67. The number of benzene rings is 2. The molecule has 1 heterocycles.